The van der Waals surface area contributed by atoms with Crippen LogP contribution < -0.4 is 15.0 Å². The van der Waals surface area contributed by atoms with Gasteiger partial charge in [-0.05, 0) is 37.6 Å². The van der Waals surface area contributed by atoms with E-state index in [-0.39, 0.29) is 17.1 Å². The second-order valence-corrected chi connectivity index (χ2v) is 8.15. The number of aryl methyl sites for hydroxylation is 2. The molecule has 0 unspecified atom stereocenters. The Hall–Kier alpha value is -2.32. The van der Waals surface area contributed by atoms with Gasteiger partial charge in [-0.25, -0.2) is 4.98 Å². The molecule has 1 N–H and O–H groups in total. The molecule has 2 aromatic heterocycles. The minimum atomic E-state index is -0.122. The average molecular weight is 405 g/mol. The third kappa shape index (κ3) is 4.01. The van der Waals surface area contributed by atoms with Gasteiger partial charge in [0, 0.05) is 10.4 Å². The highest BCUT2D eigenvalue weighted by Crippen LogP contribution is 2.28. The number of carbonyl (C=O) groups is 1. The molecule has 0 aliphatic rings. The van der Waals surface area contributed by atoms with Gasteiger partial charge in [0.2, 0.25) is 0 Å². The summed E-state index contributed by atoms with van der Waals surface area (Å²) in [7, 11) is 3.09. The number of hydrogen-bond donors (Lipinski definition) is 1. The van der Waals surface area contributed by atoms with Gasteiger partial charge >= 0.3 is 0 Å². The number of H-pyrrole nitrogens is 1. The zero-order valence-electron chi connectivity index (χ0n) is 15.5. The van der Waals surface area contributed by atoms with Crippen LogP contribution in [0.2, 0.25) is 0 Å². The number of Topliss-reactive ketones (excluding diaryl/α,β-unsaturated/α-hetero) is 1. The van der Waals surface area contributed by atoms with E-state index in [1.807, 2.05) is 13.8 Å². The number of ketones is 1. The van der Waals surface area contributed by atoms with E-state index in [0.29, 0.717) is 34.0 Å². The molecule has 0 amide bonds. The number of benzene rings is 1. The van der Waals surface area contributed by atoms with Crippen molar-refractivity contribution in [2.45, 2.75) is 19.6 Å². The maximum absolute atomic E-state index is 12.4. The fourth-order valence-corrected chi connectivity index (χ4v) is 4.53. The average Bonchev–Trinajstić information content (AvgIpc) is 2.95. The van der Waals surface area contributed by atoms with Gasteiger partial charge in [0.05, 0.1) is 31.1 Å². The predicted molar refractivity (Wildman–Crippen MR) is 110 cm³/mol. The molecule has 0 radical (unpaired) electrons. The van der Waals surface area contributed by atoms with Crippen LogP contribution in [0.25, 0.3) is 10.2 Å². The van der Waals surface area contributed by atoms with Gasteiger partial charge < -0.3 is 14.5 Å². The van der Waals surface area contributed by atoms with Crippen LogP contribution in [0.15, 0.2) is 23.0 Å². The van der Waals surface area contributed by atoms with E-state index in [1.165, 1.54) is 30.2 Å². The minimum absolute atomic E-state index is 0.0211. The highest BCUT2D eigenvalue weighted by Gasteiger charge is 2.14. The summed E-state index contributed by atoms with van der Waals surface area (Å²) in [6, 6.07) is 5.10. The fourth-order valence-electron chi connectivity index (χ4n) is 2.70. The largest absolute Gasteiger partial charge is 0.493 e. The zero-order valence-corrected chi connectivity index (χ0v) is 17.2. The number of thiophene rings is 1. The van der Waals surface area contributed by atoms with Gasteiger partial charge in [-0.1, -0.05) is 0 Å². The van der Waals surface area contributed by atoms with Crippen LogP contribution in [0.5, 0.6) is 11.5 Å². The number of nitrogens with one attached hydrogen (secondary N) is 1. The third-order valence-electron chi connectivity index (χ3n) is 4.27. The van der Waals surface area contributed by atoms with Crippen LogP contribution in [0.4, 0.5) is 0 Å². The summed E-state index contributed by atoms with van der Waals surface area (Å²) in [6.07, 6.45) is 0. The number of fused-ring (bicyclic) bond motifs is 1. The lowest BCUT2D eigenvalue weighted by molar-refractivity contribution is 0.102. The van der Waals surface area contributed by atoms with Crippen molar-refractivity contribution in [1.29, 1.82) is 0 Å². The maximum atomic E-state index is 12.4. The van der Waals surface area contributed by atoms with E-state index >= 15 is 0 Å². The molecule has 0 saturated carbocycles. The van der Waals surface area contributed by atoms with E-state index in [0.717, 1.165) is 15.3 Å². The predicted octanol–water partition coefficient (Wildman–Crippen LogP) is 3.73. The molecule has 0 aliphatic heterocycles. The Morgan fingerprint density at radius 3 is 2.67 bits per heavy atom. The summed E-state index contributed by atoms with van der Waals surface area (Å²) in [4.78, 5) is 33.9. The van der Waals surface area contributed by atoms with Crippen LogP contribution in [0.1, 0.15) is 26.6 Å². The van der Waals surface area contributed by atoms with Gasteiger partial charge in [0.1, 0.15) is 10.7 Å². The molecule has 0 saturated heterocycles. The molecule has 0 aliphatic carbocycles. The number of methoxy groups -OCH3 is 2. The van der Waals surface area contributed by atoms with E-state index in [9.17, 15) is 9.59 Å². The van der Waals surface area contributed by atoms with Gasteiger partial charge in [-0.2, -0.15) is 0 Å². The number of aromatic nitrogens is 2. The Kier molecular flexibility index (Phi) is 5.86. The Labute approximate surface area is 164 Å². The number of carbonyl (C=O) groups excluding carboxylic acids is 1. The summed E-state index contributed by atoms with van der Waals surface area (Å²) in [6.45, 7) is 3.92. The molecule has 27 heavy (non-hydrogen) atoms. The van der Waals surface area contributed by atoms with Crippen LogP contribution in [-0.2, 0) is 5.75 Å². The molecule has 0 bridgehead atoms. The quantitative estimate of drug-likeness (QED) is 0.604. The number of rotatable bonds is 7. The van der Waals surface area contributed by atoms with E-state index in [1.54, 1.807) is 25.3 Å². The van der Waals surface area contributed by atoms with E-state index in [4.69, 9.17) is 9.47 Å². The monoisotopic (exact) mass is 404 g/mol. The van der Waals surface area contributed by atoms with Crippen molar-refractivity contribution in [3.05, 3.63) is 50.4 Å². The second-order valence-electron chi connectivity index (χ2n) is 5.96. The standard InChI is InChI=1S/C19H20N2O4S2/c1-10-11(2)27-19-17(10)18(23)20-16(21-19)9-26-8-13(22)12-5-6-14(24-3)15(7-12)25-4/h5-7H,8-9H2,1-4H3,(H,20,21,23). The van der Waals surface area contributed by atoms with Gasteiger partial charge in [0.15, 0.2) is 17.3 Å². The molecular weight excluding hydrogens is 384 g/mol. The van der Waals surface area contributed by atoms with Crippen LogP contribution in [-0.4, -0.2) is 35.7 Å². The molecule has 142 valence electrons. The molecule has 6 nitrogen and oxygen atoms in total. The van der Waals surface area contributed by atoms with Crippen molar-refractivity contribution in [2.24, 2.45) is 0 Å². The number of nitrogens with zero attached hydrogens (tertiary/aromatic N) is 1. The topological polar surface area (TPSA) is 81.3 Å². The second kappa shape index (κ2) is 8.14. The van der Waals surface area contributed by atoms with Crippen molar-refractivity contribution in [1.82, 2.24) is 9.97 Å². The lowest BCUT2D eigenvalue weighted by Crippen LogP contribution is -2.11. The molecule has 0 atom stereocenters. The Bertz CT molecular complexity index is 1060. The first-order valence-electron chi connectivity index (χ1n) is 8.26. The van der Waals surface area contributed by atoms with E-state index < -0.39 is 0 Å². The van der Waals surface area contributed by atoms with E-state index in [2.05, 4.69) is 9.97 Å². The van der Waals surface area contributed by atoms with Crippen molar-refractivity contribution in [3.63, 3.8) is 0 Å². The molecule has 2 heterocycles. The van der Waals surface area contributed by atoms with Crippen LogP contribution in [0, 0.1) is 13.8 Å². The molecule has 0 fully saturated rings. The Morgan fingerprint density at radius 2 is 1.96 bits per heavy atom. The van der Waals surface area contributed by atoms with Gasteiger partial charge in [-0.15, -0.1) is 23.1 Å². The lowest BCUT2D eigenvalue weighted by Gasteiger charge is -2.09. The Morgan fingerprint density at radius 1 is 1.22 bits per heavy atom. The van der Waals surface area contributed by atoms with Crippen molar-refractivity contribution in [2.75, 3.05) is 20.0 Å². The number of ether oxygens (including phenoxy) is 2. The molecular formula is C19H20N2O4S2. The molecule has 3 aromatic rings. The van der Waals surface area contributed by atoms with Gasteiger partial charge in [0.25, 0.3) is 5.56 Å². The summed E-state index contributed by atoms with van der Waals surface area (Å²) in [5.41, 5.74) is 1.41. The number of hydrogen-bond acceptors (Lipinski definition) is 7. The third-order valence-corrected chi connectivity index (χ3v) is 6.31. The minimum Gasteiger partial charge on any atom is -0.493 e. The Balaban J connectivity index is 1.68. The summed E-state index contributed by atoms with van der Waals surface area (Å²) in [5.74, 6) is 2.40. The first kappa shape index (κ1) is 19.4. The summed E-state index contributed by atoms with van der Waals surface area (Å²) >= 11 is 2.93. The molecule has 8 heteroatoms. The first-order valence-corrected chi connectivity index (χ1v) is 10.2. The molecule has 3 rings (SSSR count). The van der Waals surface area contributed by atoms with Crippen LogP contribution >= 0.6 is 23.1 Å². The highest BCUT2D eigenvalue weighted by molar-refractivity contribution is 7.99. The smallest absolute Gasteiger partial charge is 0.259 e. The zero-order chi connectivity index (χ0) is 19.6. The maximum Gasteiger partial charge on any atom is 0.259 e. The first-order chi connectivity index (χ1) is 12.9. The number of aromatic amines is 1. The lowest BCUT2D eigenvalue weighted by atomic mass is 10.1. The molecule has 0 spiro atoms. The number of thioether (sulfide) groups is 1. The highest BCUT2D eigenvalue weighted by atomic mass is 32.2. The van der Waals surface area contributed by atoms with Crippen molar-refractivity contribution in [3.8, 4) is 11.5 Å². The fraction of sp³-hybridized carbons (Fsp3) is 0.316. The van der Waals surface area contributed by atoms with Crippen LogP contribution in [0.3, 0.4) is 0 Å². The normalized spacial score (nSPS) is 11.0. The van der Waals surface area contributed by atoms with Gasteiger partial charge in [-0.3, -0.25) is 9.59 Å². The summed E-state index contributed by atoms with van der Waals surface area (Å²) < 4.78 is 10.4. The SMILES string of the molecule is COc1ccc(C(=O)CSCc2nc3sc(C)c(C)c3c(=O)[nH]2)cc1OC. The van der Waals surface area contributed by atoms with Crippen molar-refractivity contribution < 1.29 is 14.3 Å². The summed E-state index contributed by atoms with van der Waals surface area (Å²) in [5, 5.41) is 0.660. The van der Waals surface area contributed by atoms with Crippen molar-refractivity contribution >= 4 is 39.1 Å². The molecule has 1 aromatic carbocycles.